The summed E-state index contributed by atoms with van der Waals surface area (Å²) in [4.78, 5) is 0.0331. The zero-order valence-corrected chi connectivity index (χ0v) is 17.3. The number of nitriles is 1. The standard InChI is InChI=1S/C20H16BrN3O3S/c1-2-24-16-10-6-4-8-13(16)18-19(28(24,25)26)17(14(11-22)20(23)27-18)12-7-3-5-9-15(12)21/h3-10,17H,2,23H2,1H3/t17-/m0/s1. The van der Waals surface area contributed by atoms with E-state index in [-0.39, 0.29) is 28.7 Å². The number of ether oxygens (including phenoxy) is 1. The van der Waals surface area contributed by atoms with Gasteiger partial charge in [0.25, 0.3) is 10.0 Å². The number of sulfonamides is 1. The van der Waals surface area contributed by atoms with E-state index in [1.54, 1.807) is 43.3 Å². The third-order valence-electron chi connectivity index (χ3n) is 4.86. The molecule has 0 spiro atoms. The topological polar surface area (TPSA) is 96.4 Å². The first-order chi connectivity index (χ1) is 13.4. The number of anilines is 1. The molecular formula is C20H16BrN3O3S. The molecule has 2 heterocycles. The van der Waals surface area contributed by atoms with Crippen LogP contribution in [0.1, 0.15) is 24.0 Å². The zero-order valence-electron chi connectivity index (χ0n) is 14.9. The average molecular weight is 458 g/mol. The summed E-state index contributed by atoms with van der Waals surface area (Å²) in [5.74, 6) is -0.772. The van der Waals surface area contributed by atoms with Crippen LogP contribution in [-0.4, -0.2) is 15.0 Å². The highest BCUT2D eigenvalue weighted by molar-refractivity contribution is 9.10. The summed E-state index contributed by atoms with van der Waals surface area (Å²) in [6.45, 7) is 2.02. The maximum atomic E-state index is 13.6. The summed E-state index contributed by atoms with van der Waals surface area (Å²) >= 11 is 3.48. The fourth-order valence-corrected chi connectivity index (χ4v) is 6.11. The zero-order chi connectivity index (χ0) is 20.1. The Kier molecular flexibility index (Phi) is 4.44. The Morgan fingerprint density at radius 2 is 1.89 bits per heavy atom. The van der Waals surface area contributed by atoms with Crippen molar-refractivity contribution < 1.29 is 13.2 Å². The van der Waals surface area contributed by atoms with E-state index in [4.69, 9.17) is 10.5 Å². The number of hydrogen-bond acceptors (Lipinski definition) is 5. The molecule has 0 aromatic heterocycles. The molecule has 28 heavy (non-hydrogen) atoms. The highest BCUT2D eigenvalue weighted by Crippen LogP contribution is 2.51. The van der Waals surface area contributed by atoms with Crippen LogP contribution in [0.5, 0.6) is 0 Å². The van der Waals surface area contributed by atoms with Gasteiger partial charge in [-0.3, -0.25) is 4.31 Å². The Morgan fingerprint density at radius 1 is 1.21 bits per heavy atom. The molecule has 4 rings (SSSR count). The lowest BCUT2D eigenvalue weighted by atomic mass is 9.88. The van der Waals surface area contributed by atoms with Crippen LogP contribution >= 0.6 is 15.9 Å². The molecule has 0 saturated heterocycles. The van der Waals surface area contributed by atoms with Crippen molar-refractivity contribution in [3.05, 3.63) is 80.5 Å². The van der Waals surface area contributed by atoms with Crippen molar-refractivity contribution in [1.29, 1.82) is 5.26 Å². The largest absolute Gasteiger partial charge is 0.439 e. The molecule has 2 aromatic carbocycles. The molecule has 2 aliphatic heterocycles. The lowest BCUT2D eigenvalue weighted by Gasteiger charge is -2.37. The van der Waals surface area contributed by atoms with Gasteiger partial charge in [-0.1, -0.05) is 46.3 Å². The van der Waals surface area contributed by atoms with Crippen molar-refractivity contribution in [1.82, 2.24) is 0 Å². The van der Waals surface area contributed by atoms with Gasteiger partial charge in [-0.25, -0.2) is 8.42 Å². The number of allylic oxidation sites excluding steroid dienone is 2. The van der Waals surface area contributed by atoms with Crippen LogP contribution in [0.25, 0.3) is 5.76 Å². The van der Waals surface area contributed by atoms with Crippen molar-refractivity contribution in [2.24, 2.45) is 5.73 Å². The second-order valence-electron chi connectivity index (χ2n) is 6.33. The van der Waals surface area contributed by atoms with Gasteiger partial charge in [-0.2, -0.15) is 5.26 Å². The normalized spacial score (nSPS) is 20.2. The van der Waals surface area contributed by atoms with Crippen molar-refractivity contribution in [3.8, 4) is 6.07 Å². The number of benzene rings is 2. The van der Waals surface area contributed by atoms with E-state index in [0.29, 0.717) is 21.3 Å². The molecule has 2 N–H and O–H groups in total. The number of para-hydroxylation sites is 1. The maximum absolute atomic E-state index is 13.6. The van der Waals surface area contributed by atoms with Crippen LogP contribution in [0.2, 0.25) is 0 Å². The van der Waals surface area contributed by atoms with Gasteiger partial charge in [-0.15, -0.1) is 0 Å². The molecule has 6 nitrogen and oxygen atoms in total. The second kappa shape index (κ2) is 6.69. The molecule has 2 aliphatic rings. The SMILES string of the molecule is CCN1c2ccccc2C2=C([C@@H](c3ccccc3Br)C(C#N)=C(N)O2)S1(=O)=O. The Hall–Kier alpha value is -2.76. The van der Waals surface area contributed by atoms with Gasteiger partial charge in [0.15, 0.2) is 5.76 Å². The summed E-state index contributed by atoms with van der Waals surface area (Å²) in [6.07, 6.45) is 0. The molecule has 0 bridgehead atoms. The van der Waals surface area contributed by atoms with Gasteiger partial charge in [-0.05, 0) is 30.7 Å². The fraction of sp³-hybridized carbons (Fsp3) is 0.150. The van der Waals surface area contributed by atoms with Gasteiger partial charge in [0.05, 0.1) is 11.6 Å². The van der Waals surface area contributed by atoms with Gasteiger partial charge in [0, 0.05) is 16.6 Å². The number of fused-ring (bicyclic) bond motifs is 2. The van der Waals surface area contributed by atoms with E-state index in [9.17, 15) is 13.7 Å². The van der Waals surface area contributed by atoms with E-state index in [1.165, 1.54) is 4.31 Å². The molecule has 2 aromatic rings. The highest BCUT2D eigenvalue weighted by Gasteiger charge is 2.47. The van der Waals surface area contributed by atoms with Crippen molar-refractivity contribution in [2.45, 2.75) is 12.8 Å². The highest BCUT2D eigenvalue weighted by atomic mass is 79.9. The fourth-order valence-electron chi connectivity index (χ4n) is 3.67. The summed E-state index contributed by atoms with van der Waals surface area (Å²) in [5.41, 5.74) is 7.93. The average Bonchev–Trinajstić information content (AvgIpc) is 2.67. The second-order valence-corrected chi connectivity index (χ2v) is 9.01. The van der Waals surface area contributed by atoms with Crippen LogP contribution in [-0.2, 0) is 14.8 Å². The molecule has 8 heteroatoms. The predicted octanol–water partition coefficient (Wildman–Crippen LogP) is 3.80. The monoisotopic (exact) mass is 457 g/mol. The van der Waals surface area contributed by atoms with Crippen LogP contribution in [0.15, 0.2) is 69.4 Å². The molecule has 0 fully saturated rings. The number of nitrogens with two attached hydrogens (primary N) is 1. The van der Waals surface area contributed by atoms with E-state index in [2.05, 4.69) is 15.9 Å². The molecule has 0 aliphatic carbocycles. The third-order valence-corrected chi connectivity index (χ3v) is 7.60. The first kappa shape index (κ1) is 18.6. The molecule has 0 radical (unpaired) electrons. The molecule has 0 saturated carbocycles. The Morgan fingerprint density at radius 3 is 2.57 bits per heavy atom. The number of rotatable bonds is 2. The van der Waals surface area contributed by atoms with Gasteiger partial charge in [0.1, 0.15) is 16.5 Å². The summed E-state index contributed by atoms with van der Waals surface area (Å²) in [6, 6.07) is 16.4. The smallest absolute Gasteiger partial charge is 0.265 e. The summed E-state index contributed by atoms with van der Waals surface area (Å²) in [7, 11) is -3.94. The summed E-state index contributed by atoms with van der Waals surface area (Å²) in [5, 5.41) is 9.75. The molecule has 0 amide bonds. The minimum absolute atomic E-state index is 0.0331. The molecule has 1 atom stereocenters. The van der Waals surface area contributed by atoms with Crippen LogP contribution in [0.4, 0.5) is 5.69 Å². The van der Waals surface area contributed by atoms with E-state index >= 15 is 0 Å². The van der Waals surface area contributed by atoms with Crippen LogP contribution < -0.4 is 10.0 Å². The van der Waals surface area contributed by atoms with Crippen LogP contribution in [0.3, 0.4) is 0 Å². The van der Waals surface area contributed by atoms with E-state index < -0.39 is 15.9 Å². The number of hydrogen-bond donors (Lipinski definition) is 1. The first-order valence-electron chi connectivity index (χ1n) is 8.60. The number of nitrogens with zero attached hydrogens (tertiary/aromatic N) is 2. The predicted molar refractivity (Wildman–Crippen MR) is 110 cm³/mol. The molecule has 0 unspecified atom stereocenters. The minimum Gasteiger partial charge on any atom is -0.439 e. The van der Waals surface area contributed by atoms with Crippen molar-refractivity contribution >= 4 is 37.4 Å². The lowest BCUT2D eigenvalue weighted by molar-refractivity contribution is 0.357. The van der Waals surface area contributed by atoms with Crippen molar-refractivity contribution in [2.75, 3.05) is 10.8 Å². The Bertz CT molecular complexity index is 1200. The Balaban J connectivity index is 2.11. The van der Waals surface area contributed by atoms with Crippen LogP contribution in [0, 0.1) is 11.3 Å². The summed E-state index contributed by atoms with van der Waals surface area (Å²) < 4.78 is 35.0. The van der Waals surface area contributed by atoms with Gasteiger partial charge >= 0.3 is 0 Å². The van der Waals surface area contributed by atoms with Crippen molar-refractivity contribution in [3.63, 3.8) is 0 Å². The minimum atomic E-state index is -3.94. The Labute approximate surface area is 171 Å². The quantitative estimate of drug-likeness (QED) is 0.739. The first-order valence-corrected chi connectivity index (χ1v) is 10.8. The van der Waals surface area contributed by atoms with E-state index in [1.807, 2.05) is 18.2 Å². The molecule has 142 valence electrons. The van der Waals surface area contributed by atoms with E-state index in [0.717, 1.165) is 0 Å². The van der Waals surface area contributed by atoms with Gasteiger partial charge < -0.3 is 10.5 Å². The molecular weight excluding hydrogens is 442 g/mol. The lowest BCUT2D eigenvalue weighted by Crippen LogP contribution is -2.39. The maximum Gasteiger partial charge on any atom is 0.265 e. The third kappa shape index (κ3) is 2.54. The number of halogens is 1. The van der Waals surface area contributed by atoms with Gasteiger partial charge in [0.2, 0.25) is 5.88 Å².